The lowest BCUT2D eigenvalue weighted by molar-refractivity contribution is -0.133. The zero-order valence-corrected chi connectivity index (χ0v) is 20.0. The molecule has 3 aromatic rings. The van der Waals surface area contributed by atoms with E-state index in [1.165, 1.54) is 22.6 Å². The molecule has 0 spiro atoms. The highest BCUT2D eigenvalue weighted by atomic mass is 19.1. The summed E-state index contributed by atoms with van der Waals surface area (Å²) in [4.78, 5) is 29.6. The quantitative estimate of drug-likeness (QED) is 0.418. The molecule has 0 unspecified atom stereocenters. The fraction of sp³-hybridized carbons (Fsp3) is 0.333. The largest absolute Gasteiger partial charge is 0.467 e. The van der Waals surface area contributed by atoms with Gasteiger partial charge in [-0.25, -0.2) is 9.18 Å². The Bertz CT molecular complexity index is 1050. The number of amides is 3. The maximum absolute atomic E-state index is 13.4. The van der Waals surface area contributed by atoms with Crippen molar-refractivity contribution in [2.24, 2.45) is 5.92 Å². The Kier molecular flexibility index (Phi) is 8.85. The van der Waals surface area contributed by atoms with Crippen molar-refractivity contribution in [3.63, 3.8) is 0 Å². The van der Waals surface area contributed by atoms with Gasteiger partial charge < -0.3 is 19.5 Å². The average Bonchev–Trinajstić information content (AvgIpc) is 3.33. The zero-order valence-electron chi connectivity index (χ0n) is 20.0. The molecule has 0 aliphatic rings. The fourth-order valence-corrected chi connectivity index (χ4v) is 3.58. The molecule has 34 heavy (non-hydrogen) atoms. The van der Waals surface area contributed by atoms with Crippen molar-refractivity contribution in [3.8, 4) is 0 Å². The normalized spacial score (nSPS) is 10.9. The highest BCUT2D eigenvalue weighted by Crippen LogP contribution is 2.15. The number of hydrogen-bond acceptors (Lipinski definition) is 3. The summed E-state index contributed by atoms with van der Waals surface area (Å²) in [6.45, 7) is 6.94. The number of anilines is 1. The van der Waals surface area contributed by atoms with Crippen molar-refractivity contribution < 1.29 is 18.4 Å². The molecule has 0 aliphatic heterocycles. The molecule has 0 atom stereocenters. The van der Waals surface area contributed by atoms with Gasteiger partial charge in [0.1, 0.15) is 18.1 Å². The van der Waals surface area contributed by atoms with Crippen molar-refractivity contribution in [3.05, 3.63) is 89.6 Å². The standard InChI is InChI=1S/C27H32FN3O3/c1-4-21-9-13-24(14-10-21)29-27(33)31(16-20(2)3)19-26(32)30(18-25-6-5-15-34-25)17-22-7-11-23(28)12-8-22/h5-15,20H,4,16-19H2,1-3H3,(H,29,33). The van der Waals surface area contributed by atoms with Gasteiger partial charge in [0.15, 0.2) is 0 Å². The number of nitrogens with zero attached hydrogens (tertiary/aromatic N) is 2. The second kappa shape index (κ2) is 12.0. The third kappa shape index (κ3) is 7.47. The Hall–Kier alpha value is -3.61. The zero-order chi connectivity index (χ0) is 24.5. The monoisotopic (exact) mass is 465 g/mol. The summed E-state index contributed by atoms with van der Waals surface area (Å²) in [5.74, 6) is 0.250. The molecule has 0 radical (unpaired) electrons. The van der Waals surface area contributed by atoms with Crippen molar-refractivity contribution >= 4 is 17.6 Å². The summed E-state index contributed by atoms with van der Waals surface area (Å²) in [5, 5.41) is 2.90. The highest BCUT2D eigenvalue weighted by Gasteiger charge is 2.23. The van der Waals surface area contributed by atoms with Crippen LogP contribution in [0, 0.1) is 11.7 Å². The highest BCUT2D eigenvalue weighted by molar-refractivity contribution is 5.92. The van der Waals surface area contributed by atoms with Crippen LogP contribution in [0.25, 0.3) is 0 Å². The molecule has 3 rings (SSSR count). The first-order valence-corrected chi connectivity index (χ1v) is 11.5. The average molecular weight is 466 g/mol. The summed E-state index contributed by atoms with van der Waals surface area (Å²) < 4.78 is 18.8. The van der Waals surface area contributed by atoms with Crippen LogP contribution >= 0.6 is 0 Å². The maximum Gasteiger partial charge on any atom is 0.322 e. The minimum Gasteiger partial charge on any atom is -0.467 e. The summed E-state index contributed by atoms with van der Waals surface area (Å²) >= 11 is 0. The molecule has 0 bridgehead atoms. The van der Waals surface area contributed by atoms with Gasteiger partial charge in [0.05, 0.1) is 12.8 Å². The number of carbonyl (C=O) groups excluding carboxylic acids is 2. The number of aryl methyl sites for hydroxylation is 1. The van der Waals surface area contributed by atoms with Crippen LogP contribution in [-0.2, 0) is 24.3 Å². The lowest BCUT2D eigenvalue weighted by atomic mass is 10.1. The van der Waals surface area contributed by atoms with Crippen molar-refractivity contribution in [1.82, 2.24) is 9.80 Å². The minimum absolute atomic E-state index is 0.0844. The van der Waals surface area contributed by atoms with Crippen LogP contribution in [0.5, 0.6) is 0 Å². The first-order valence-electron chi connectivity index (χ1n) is 11.5. The number of urea groups is 1. The van der Waals surface area contributed by atoms with Crippen LogP contribution in [0.15, 0.2) is 71.3 Å². The third-order valence-corrected chi connectivity index (χ3v) is 5.38. The first kappa shape index (κ1) is 25.0. The van der Waals surface area contributed by atoms with Crippen LogP contribution in [-0.4, -0.2) is 34.8 Å². The molecule has 1 aromatic heterocycles. The van der Waals surface area contributed by atoms with Crippen molar-refractivity contribution in [2.45, 2.75) is 40.3 Å². The first-order chi connectivity index (χ1) is 16.3. The molecular formula is C27H32FN3O3. The molecule has 7 heteroatoms. The Balaban J connectivity index is 1.74. The van der Waals surface area contributed by atoms with E-state index in [1.54, 1.807) is 35.4 Å². The number of carbonyl (C=O) groups is 2. The SMILES string of the molecule is CCc1ccc(NC(=O)N(CC(=O)N(Cc2ccc(F)cc2)Cc2ccco2)CC(C)C)cc1. The Morgan fingerprint density at radius 1 is 0.941 bits per heavy atom. The van der Waals surface area contributed by atoms with E-state index >= 15 is 0 Å². The number of rotatable bonds is 10. The Morgan fingerprint density at radius 2 is 1.62 bits per heavy atom. The fourth-order valence-electron chi connectivity index (χ4n) is 3.58. The topological polar surface area (TPSA) is 65.8 Å². The number of furan rings is 1. The number of halogens is 1. The second-order valence-corrected chi connectivity index (χ2v) is 8.71. The van der Waals surface area contributed by atoms with Crippen molar-refractivity contribution in [1.29, 1.82) is 0 Å². The Labute approximate surface area is 200 Å². The number of hydrogen-bond donors (Lipinski definition) is 1. The van der Waals surface area contributed by atoms with Gasteiger partial charge in [-0.3, -0.25) is 4.79 Å². The summed E-state index contributed by atoms with van der Waals surface area (Å²) in [6.07, 6.45) is 2.47. The molecule has 0 fully saturated rings. The minimum atomic E-state index is -0.334. The van der Waals surface area contributed by atoms with Crippen molar-refractivity contribution in [2.75, 3.05) is 18.4 Å². The van der Waals surface area contributed by atoms with Gasteiger partial charge in [-0.15, -0.1) is 0 Å². The molecule has 0 saturated carbocycles. The van der Waals surface area contributed by atoms with Gasteiger partial charge in [0.25, 0.3) is 0 Å². The van der Waals surface area contributed by atoms with Gasteiger partial charge >= 0.3 is 6.03 Å². The molecule has 180 valence electrons. The van der Waals surface area contributed by atoms with E-state index in [4.69, 9.17) is 4.42 Å². The van der Waals surface area contributed by atoms with E-state index in [-0.39, 0.29) is 43.3 Å². The number of nitrogens with one attached hydrogen (secondary N) is 1. The summed E-state index contributed by atoms with van der Waals surface area (Å²) in [7, 11) is 0. The lowest BCUT2D eigenvalue weighted by Gasteiger charge is -2.28. The summed E-state index contributed by atoms with van der Waals surface area (Å²) in [5.41, 5.74) is 2.65. The Morgan fingerprint density at radius 3 is 2.21 bits per heavy atom. The van der Waals surface area contributed by atoms with E-state index in [1.807, 2.05) is 38.1 Å². The van der Waals surface area contributed by atoms with Gasteiger partial charge in [-0.05, 0) is 59.9 Å². The van der Waals surface area contributed by atoms with Crippen LogP contribution in [0.4, 0.5) is 14.9 Å². The van der Waals surface area contributed by atoms with Crippen LogP contribution in [0.3, 0.4) is 0 Å². The molecule has 0 aliphatic carbocycles. The van der Waals surface area contributed by atoms with Crippen LogP contribution in [0.2, 0.25) is 0 Å². The van der Waals surface area contributed by atoms with E-state index in [0.717, 1.165) is 12.0 Å². The van der Waals surface area contributed by atoms with Gasteiger partial charge in [0.2, 0.25) is 5.91 Å². The third-order valence-electron chi connectivity index (χ3n) is 5.38. The predicted octanol–water partition coefficient (Wildman–Crippen LogP) is 5.70. The van der Waals surface area contributed by atoms with Gasteiger partial charge in [-0.2, -0.15) is 0 Å². The molecule has 1 heterocycles. The molecular weight excluding hydrogens is 433 g/mol. The van der Waals surface area contributed by atoms with Gasteiger partial charge in [-0.1, -0.05) is 45.0 Å². The molecule has 1 N–H and O–H groups in total. The molecule has 2 aromatic carbocycles. The van der Waals surface area contributed by atoms with Gasteiger partial charge in [0, 0.05) is 18.8 Å². The van der Waals surface area contributed by atoms with E-state index in [9.17, 15) is 14.0 Å². The molecule has 3 amide bonds. The van der Waals surface area contributed by atoms with E-state index < -0.39 is 0 Å². The lowest BCUT2D eigenvalue weighted by Crippen LogP contribution is -2.45. The van der Waals surface area contributed by atoms with E-state index in [0.29, 0.717) is 18.0 Å². The van der Waals surface area contributed by atoms with Crippen LogP contribution < -0.4 is 5.32 Å². The van der Waals surface area contributed by atoms with Crippen LogP contribution in [0.1, 0.15) is 37.7 Å². The molecule has 6 nitrogen and oxygen atoms in total. The smallest absolute Gasteiger partial charge is 0.322 e. The number of benzene rings is 2. The maximum atomic E-state index is 13.4. The predicted molar refractivity (Wildman–Crippen MR) is 131 cm³/mol. The summed E-state index contributed by atoms with van der Waals surface area (Å²) in [6, 6.07) is 16.9. The van der Waals surface area contributed by atoms with E-state index in [2.05, 4.69) is 12.2 Å². The second-order valence-electron chi connectivity index (χ2n) is 8.71. The molecule has 0 saturated heterocycles.